The molecule has 0 amide bonds. The zero-order valence-electron chi connectivity index (χ0n) is 12.3. The summed E-state index contributed by atoms with van der Waals surface area (Å²) in [5.41, 5.74) is 2.94. The molecule has 0 aliphatic heterocycles. The van der Waals surface area contributed by atoms with Crippen molar-refractivity contribution in [3.8, 4) is 0 Å². The van der Waals surface area contributed by atoms with Crippen molar-refractivity contribution in [3.05, 3.63) is 58.9 Å². The lowest BCUT2D eigenvalue weighted by Gasteiger charge is -2.18. The van der Waals surface area contributed by atoms with Crippen LogP contribution < -0.4 is 0 Å². The van der Waals surface area contributed by atoms with Crippen LogP contribution in [-0.4, -0.2) is 16.6 Å². The summed E-state index contributed by atoms with van der Waals surface area (Å²) < 4.78 is 1.66. The van der Waals surface area contributed by atoms with Crippen molar-refractivity contribution in [1.29, 1.82) is 0 Å². The molecule has 2 rings (SSSR count). The molecule has 0 aliphatic rings. The molecular weight excluding hydrogens is 250 g/mol. The number of carbonyl (C=O) groups excluding carboxylic acids is 2. The first-order valence-corrected chi connectivity index (χ1v) is 6.59. The molecule has 3 nitrogen and oxygen atoms in total. The first-order valence-electron chi connectivity index (χ1n) is 6.59. The van der Waals surface area contributed by atoms with Gasteiger partial charge in [0.15, 0.2) is 12.1 Å². The molecule has 0 unspecified atom stereocenters. The van der Waals surface area contributed by atoms with Gasteiger partial charge in [0.2, 0.25) is 0 Å². The Hall–Kier alpha value is -2.16. The summed E-state index contributed by atoms with van der Waals surface area (Å²) in [4.78, 5) is 23.2. The van der Waals surface area contributed by atoms with Crippen LogP contribution in [0.25, 0.3) is 0 Å². The first-order chi connectivity index (χ1) is 9.32. The molecule has 20 heavy (non-hydrogen) atoms. The quantitative estimate of drug-likeness (QED) is 0.633. The van der Waals surface area contributed by atoms with Gasteiger partial charge in [0.05, 0.1) is 5.69 Å². The molecule has 0 aliphatic carbocycles. The van der Waals surface area contributed by atoms with Crippen molar-refractivity contribution in [1.82, 2.24) is 4.57 Å². The third kappa shape index (κ3) is 2.72. The molecule has 3 heteroatoms. The number of nitrogens with zero attached hydrogens (tertiary/aromatic N) is 1. The van der Waals surface area contributed by atoms with Gasteiger partial charge in [-0.15, -0.1) is 0 Å². The molecule has 0 saturated carbocycles. The Morgan fingerprint density at radius 3 is 2.15 bits per heavy atom. The number of benzene rings is 1. The SMILES string of the molecule is Cn1cc(C(=O)c2ccc(C(C)(C)C)cc2)cc1C=O. The molecule has 0 saturated heterocycles. The van der Waals surface area contributed by atoms with Crippen molar-refractivity contribution < 1.29 is 9.59 Å². The highest BCUT2D eigenvalue weighted by molar-refractivity contribution is 6.09. The van der Waals surface area contributed by atoms with E-state index in [1.54, 1.807) is 23.9 Å². The predicted molar refractivity (Wildman–Crippen MR) is 79.4 cm³/mol. The van der Waals surface area contributed by atoms with Crippen molar-refractivity contribution in [2.45, 2.75) is 26.2 Å². The average Bonchev–Trinajstić information content (AvgIpc) is 2.78. The number of aldehydes is 1. The fourth-order valence-corrected chi connectivity index (χ4v) is 2.11. The van der Waals surface area contributed by atoms with E-state index in [0.29, 0.717) is 16.8 Å². The lowest BCUT2D eigenvalue weighted by Crippen LogP contribution is -2.11. The molecule has 0 spiro atoms. The van der Waals surface area contributed by atoms with Gasteiger partial charge >= 0.3 is 0 Å². The Bertz CT molecular complexity index is 643. The van der Waals surface area contributed by atoms with Gasteiger partial charge in [-0.1, -0.05) is 45.0 Å². The van der Waals surface area contributed by atoms with Gasteiger partial charge < -0.3 is 4.57 Å². The minimum absolute atomic E-state index is 0.0610. The lowest BCUT2D eigenvalue weighted by molar-refractivity contribution is 0.103. The Morgan fingerprint density at radius 1 is 1.10 bits per heavy atom. The van der Waals surface area contributed by atoms with Crippen molar-refractivity contribution in [3.63, 3.8) is 0 Å². The molecule has 0 bridgehead atoms. The van der Waals surface area contributed by atoms with Crippen LogP contribution in [0.15, 0.2) is 36.5 Å². The predicted octanol–water partition coefficient (Wildman–Crippen LogP) is 3.37. The Labute approximate surface area is 119 Å². The van der Waals surface area contributed by atoms with Crippen LogP contribution in [0.3, 0.4) is 0 Å². The van der Waals surface area contributed by atoms with Crippen LogP contribution in [-0.2, 0) is 12.5 Å². The number of aromatic nitrogens is 1. The fourth-order valence-electron chi connectivity index (χ4n) is 2.11. The molecule has 104 valence electrons. The first kappa shape index (κ1) is 14.3. The summed E-state index contributed by atoms with van der Waals surface area (Å²) in [6.07, 6.45) is 2.43. The maximum atomic E-state index is 12.4. The molecule has 1 aromatic carbocycles. The van der Waals surface area contributed by atoms with E-state index >= 15 is 0 Å². The summed E-state index contributed by atoms with van der Waals surface area (Å²) in [5, 5.41) is 0. The highest BCUT2D eigenvalue weighted by Gasteiger charge is 2.16. The zero-order valence-corrected chi connectivity index (χ0v) is 12.3. The van der Waals surface area contributed by atoms with E-state index in [0.717, 1.165) is 6.29 Å². The fraction of sp³-hybridized carbons (Fsp3) is 0.294. The normalized spacial score (nSPS) is 11.4. The van der Waals surface area contributed by atoms with Crippen LogP contribution >= 0.6 is 0 Å². The summed E-state index contributed by atoms with van der Waals surface area (Å²) in [6.45, 7) is 6.41. The van der Waals surface area contributed by atoms with E-state index in [2.05, 4.69) is 20.8 Å². The molecule has 0 radical (unpaired) electrons. The van der Waals surface area contributed by atoms with Gasteiger partial charge in [-0.3, -0.25) is 9.59 Å². The molecule has 2 aromatic rings. The summed E-state index contributed by atoms with van der Waals surface area (Å²) in [5.74, 6) is -0.0610. The number of rotatable bonds is 3. The third-order valence-corrected chi connectivity index (χ3v) is 3.44. The van der Waals surface area contributed by atoms with Crippen LogP contribution in [0, 0.1) is 0 Å². The average molecular weight is 269 g/mol. The van der Waals surface area contributed by atoms with Gasteiger partial charge in [0, 0.05) is 24.4 Å². The second-order valence-corrected chi connectivity index (χ2v) is 6.04. The highest BCUT2D eigenvalue weighted by atomic mass is 16.1. The third-order valence-electron chi connectivity index (χ3n) is 3.44. The summed E-state index contributed by atoms with van der Waals surface area (Å²) >= 11 is 0. The molecule has 1 heterocycles. The second kappa shape index (κ2) is 5.08. The Kier molecular flexibility index (Phi) is 3.62. The van der Waals surface area contributed by atoms with Crippen molar-refractivity contribution >= 4 is 12.1 Å². The number of ketones is 1. The second-order valence-electron chi connectivity index (χ2n) is 6.04. The van der Waals surface area contributed by atoms with E-state index in [9.17, 15) is 9.59 Å². The minimum Gasteiger partial charge on any atom is -0.348 e. The summed E-state index contributed by atoms with van der Waals surface area (Å²) in [6, 6.07) is 9.27. The molecule has 0 atom stereocenters. The van der Waals surface area contributed by atoms with Gasteiger partial charge in [0.1, 0.15) is 0 Å². The van der Waals surface area contributed by atoms with Crippen LogP contribution in [0.4, 0.5) is 0 Å². The van der Waals surface area contributed by atoms with E-state index in [4.69, 9.17) is 0 Å². The Morgan fingerprint density at radius 2 is 1.70 bits per heavy atom. The zero-order chi connectivity index (χ0) is 14.9. The van der Waals surface area contributed by atoms with E-state index < -0.39 is 0 Å². The molecule has 1 aromatic heterocycles. The largest absolute Gasteiger partial charge is 0.348 e. The maximum Gasteiger partial charge on any atom is 0.194 e. The van der Waals surface area contributed by atoms with Crippen LogP contribution in [0.1, 0.15) is 52.7 Å². The number of carbonyl (C=O) groups is 2. The monoisotopic (exact) mass is 269 g/mol. The summed E-state index contributed by atoms with van der Waals surface area (Å²) in [7, 11) is 1.75. The van der Waals surface area contributed by atoms with E-state index in [-0.39, 0.29) is 11.2 Å². The molecule has 0 N–H and O–H groups in total. The van der Waals surface area contributed by atoms with Crippen molar-refractivity contribution in [2.24, 2.45) is 7.05 Å². The minimum atomic E-state index is -0.0610. The van der Waals surface area contributed by atoms with Gasteiger partial charge in [0.25, 0.3) is 0 Å². The van der Waals surface area contributed by atoms with Gasteiger partial charge in [-0.25, -0.2) is 0 Å². The number of hydrogen-bond donors (Lipinski definition) is 0. The topological polar surface area (TPSA) is 39.1 Å². The lowest BCUT2D eigenvalue weighted by atomic mass is 9.86. The molecule has 0 fully saturated rings. The van der Waals surface area contributed by atoms with Crippen LogP contribution in [0.5, 0.6) is 0 Å². The number of aryl methyl sites for hydroxylation is 1. The maximum absolute atomic E-state index is 12.4. The smallest absolute Gasteiger partial charge is 0.194 e. The molecular formula is C17H19NO2. The van der Waals surface area contributed by atoms with Gasteiger partial charge in [-0.2, -0.15) is 0 Å². The highest BCUT2D eigenvalue weighted by Crippen LogP contribution is 2.23. The van der Waals surface area contributed by atoms with E-state index in [1.807, 2.05) is 24.3 Å². The number of hydrogen-bond acceptors (Lipinski definition) is 2. The van der Waals surface area contributed by atoms with Crippen molar-refractivity contribution in [2.75, 3.05) is 0 Å². The standard InChI is InChI=1S/C17H19NO2/c1-17(2,3)14-7-5-12(6-8-14)16(20)13-9-15(11-19)18(4)10-13/h5-11H,1-4H3. The van der Waals surface area contributed by atoms with E-state index in [1.165, 1.54) is 5.56 Å². The van der Waals surface area contributed by atoms with Gasteiger partial charge in [-0.05, 0) is 17.0 Å². The van der Waals surface area contributed by atoms with Crippen LogP contribution in [0.2, 0.25) is 0 Å². The Balaban J connectivity index is 2.31.